The molecule has 2 aliphatic rings. The van der Waals surface area contributed by atoms with Gasteiger partial charge in [-0.05, 0) is 44.1 Å². The van der Waals surface area contributed by atoms with Crippen LogP contribution in [0.2, 0.25) is 0 Å². The summed E-state index contributed by atoms with van der Waals surface area (Å²) in [6, 6.07) is 0. The van der Waals surface area contributed by atoms with Crippen molar-refractivity contribution in [3.63, 3.8) is 0 Å². The van der Waals surface area contributed by atoms with E-state index in [9.17, 15) is 9.59 Å². The van der Waals surface area contributed by atoms with E-state index in [1.807, 2.05) is 0 Å². The van der Waals surface area contributed by atoms with Crippen molar-refractivity contribution in [1.82, 2.24) is 14.5 Å². The van der Waals surface area contributed by atoms with Gasteiger partial charge in [0, 0.05) is 24.6 Å². The highest BCUT2D eigenvalue weighted by molar-refractivity contribution is 7.99. The van der Waals surface area contributed by atoms with Gasteiger partial charge in [0.05, 0.1) is 23.8 Å². The molecular formula is C23H29N3O3S2. The zero-order valence-electron chi connectivity index (χ0n) is 17.8. The van der Waals surface area contributed by atoms with E-state index >= 15 is 0 Å². The van der Waals surface area contributed by atoms with E-state index in [0.29, 0.717) is 24.8 Å². The number of carbonyl (C=O) groups excluding carboxylic acids is 1. The molecule has 1 fully saturated rings. The molecule has 4 rings (SSSR count). The fourth-order valence-corrected chi connectivity index (χ4v) is 6.50. The molecule has 1 saturated heterocycles. The van der Waals surface area contributed by atoms with Crippen molar-refractivity contribution in [2.45, 2.75) is 56.3 Å². The lowest BCUT2D eigenvalue weighted by molar-refractivity contribution is -0.127. The maximum absolute atomic E-state index is 13.6. The zero-order valence-corrected chi connectivity index (χ0v) is 19.4. The van der Waals surface area contributed by atoms with E-state index in [1.54, 1.807) is 33.0 Å². The Balaban J connectivity index is 1.67. The molecule has 0 N–H and O–H groups in total. The number of aryl methyl sites for hydroxylation is 2. The number of nitrogens with zero attached hydrogens (tertiary/aromatic N) is 3. The molecule has 0 aromatic carbocycles. The fourth-order valence-electron chi connectivity index (χ4n) is 4.29. The van der Waals surface area contributed by atoms with Crippen molar-refractivity contribution in [2.75, 3.05) is 25.4 Å². The van der Waals surface area contributed by atoms with Crippen molar-refractivity contribution in [3.05, 3.63) is 46.1 Å². The predicted molar refractivity (Wildman–Crippen MR) is 127 cm³/mol. The number of amides is 1. The number of hydrogen-bond donors (Lipinski definition) is 0. The Labute approximate surface area is 191 Å². The van der Waals surface area contributed by atoms with Gasteiger partial charge < -0.3 is 9.64 Å². The van der Waals surface area contributed by atoms with Crippen LogP contribution >= 0.6 is 23.1 Å². The van der Waals surface area contributed by atoms with Crippen LogP contribution in [0.1, 0.15) is 36.1 Å². The number of carbonyl (C=O) groups is 1. The van der Waals surface area contributed by atoms with Gasteiger partial charge in [-0.1, -0.05) is 23.9 Å². The highest BCUT2D eigenvalue weighted by Gasteiger charge is 2.25. The molecule has 1 unspecified atom stereocenters. The molecule has 0 radical (unpaired) electrons. The first-order valence-corrected chi connectivity index (χ1v) is 12.7. The third kappa shape index (κ3) is 4.81. The van der Waals surface area contributed by atoms with Crippen LogP contribution in [0.3, 0.4) is 0 Å². The second-order valence-corrected chi connectivity index (χ2v) is 10.0. The Morgan fingerprint density at radius 3 is 2.74 bits per heavy atom. The Bertz CT molecular complexity index is 1030. The summed E-state index contributed by atoms with van der Waals surface area (Å²) >= 11 is 2.98. The van der Waals surface area contributed by atoms with E-state index in [2.05, 4.69) is 13.2 Å². The quantitative estimate of drug-likeness (QED) is 0.324. The molecule has 2 aromatic rings. The van der Waals surface area contributed by atoms with E-state index in [-0.39, 0.29) is 23.3 Å². The molecule has 1 atom stereocenters. The number of thioether (sulfide) groups is 1. The molecule has 0 saturated carbocycles. The third-order valence-corrected chi connectivity index (χ3v) is 7.97. The average molecular weight is 460 g/mol. The molecule has 8 heteroatoms. The van der Waals surface area contributed by atoms with Crippen LogP contribution < -0.4 is 5.56 Å². The van der Waals surface area contributed by atoms with Crippen LogP contribution in [-0.2, 0) is 28.9 Å². The van der Waals surface area contributed by atoms with Crippen LogP contribution in [-0.4, -0.2) is 51.9 Å². The van der Waals surface area contributed by atoms with Gasteiger partial charge in [-0.2, -0.15) is 0 Å². The van der Waals surface area contributed by atoms with Crippen molar-refractivity contribution >= 4 is 39.2 Å². The van der Waals surface area contributed by atoms with Crippen LogP contribution in [0, 0.1) is 0 Å². The van der Waals surface area contributed by atoms with Gasteiger partial charge in [0.25, 0.3) is 5.56 Å². The first-order valence-electron chi connectivity index (χ1n) is 10.9. The number of fused-ring (bicyclic) bond motifs is 3. The Hall–Kier alpha value is -1.90. The smallest absolute Gasteiger partial charge is 0.263 e. The minimum Gasteiger partial charge on any atom is -0.376 e. The number of hydrogen-bond acceptors (Lipinski definition) is 6. The molecule has 31 heavy (non-hydrogen) atoms. The second kappa shape index (κ2) is 10.1. The largest absolute Gasteiger partial charge is 0.376 e. The monoisotopic (exact) mass is 459 g/mol. The normalized spacial score (nSPS) is 18.1. The molecular weight excluding hydrogens is 430 g/mol. The molecule has 2 aromatic heterocycles. The topological polar surface area (TPSA) is 64.4 Å². The van der Waals surface area contributed by atoms with Crippen LogP contribution in [0.25, 0.3) is 10.2 Å². The fraction of sp³-hybridized carbons (Fsp3) is 0.522. The van der Waals surface area contributed by atoms with E-state index in [1.165, 1.54) is 28.6 Å². The standard InChI is InChI=1S/C23H29N3O3S2/c1-3-11-25(12-4-2)19(27)15-30-23-24-21-20(17-9-5-6-10-18(17)31-21)22(28)26(23)14-16-8-7-13-29-16/h3-4,16H,1-2,5-15H2. The van der Waals surface area contributed by atoms with Crippen molar-refractivity contribution < 1.29 is 9.53 Å². The van der Waals surface area contributed by atoms with Crippen molar-refractivity contribution in [3.8, 4) is 0 Å². The zero-order chi connectivity index (χ0) is 21.8. The minimum atomic E-state index is -0.0201. The second-order valence-electron chi connectivity index (χ2n) is 8.00. The van der Waals surface area contributed by atoms with Crippen LogP contribution in [0.5, 0.6) is 0 Å². The summed E-state index contributed by atoms with van der Waals surface area (Å²) in [7, 11) is 0. The summed E-state index contributed by atoms with van der Waals surface area (Å²) in [5, 5.41) is 1.39. The van der Waals surface area contributed by atoms with Crippen LogP contribution in [0.15, 0.2) is 35.3 Å². The van der Waals surface area contributed by atoms with Gasteiger partial charge in [0.1, 0.15) is 4.83 Å². The van der Waals surface area contributed by atoms with Gasteiger partial charge >= 0.3 is 0 Å². The average Bonchev–Trinajstić information content (AvgIpc) is 3.41. The third-order valence-electron chi connectivity index (χ3n) is 5.83. The van der Waals surface area contributed by atoms with Gasteiger partial charge in [0.2, 0.25) is 5.91 Å². The number of thiophene rings is 1. The summed E-state index contributed by atoms with van der Waals surface area (Å²) in [5.74, 6) is 0.198. The van der Waals surface area contributed by atoms with Gasteiger partial charge in [-0.15, -0.1) is 24.5 Å². The molecule has 0 bridgehead atoms. The molecule has 1 aliphatic heterocycles. The Kier molecular flexibility index (Phi) is 7.30. The van der Waals surface area contributed by atoms with E-state index in [0.717, 1.165) is 48.9 Å². The molecule has 166 valence electrons. The molecule has 0 spiro atoms. The van der Waals surface area contributed by atoms with Crippen molar-refractivity contribution in [1.29, 1.82) is 0 Å². The van der Waals surface area contributed by atoms with Gasteiger partial charge in [0.15, 0.2) is 5.16 Å². The van der Waals surface area contributed by atoms with E-state index in [4.69, 9.17) is 9.72 Å². The lowest BCUT2D eigenvalue weighted by Crippen LogP contribution is -2.33. The highest BCUT2D eigenvalue weighted by atomic mass is 32.2. The molecule has 1 aliphatic carbocycles. The Morgan fingerprint density at radius 2 is 2.03 bits per heavy atom. The van der Waals surface area contributed by atoms with Crippen molar-refractivity contribution in [2.24, 2.45) is 0 Å². The molecule has 6 nitrogen and oxygen atoms in total. The highest BCUT2D eigenvalue weighted by Crippen LogP contribution is 2.35. The van der Waals surface area contributed by atoms with Gasteiger partial charge in [-0.3, -0.25) is 14.2 Å². The summed E-state index contributed by atoms with van der Waals surface area (Å²) in [6.45, 7) is 9.63. The lowest BCUT2D eigenvalue weighted by atomic mass is 9.97. The number of aromatic nitrogens is 2. The summed E-state index contributed by atoms with van der Waals surface area (Å²) in [6.07, 6.45) is 9.68. The summed E-state index contributed by atoms with van der Waals surface area (Å²) in [4.78, 5) is 35.0. The number of ether oxygens (including phenoxy) is 1. The van der Waals surface area contributed by atoms with E-state index < -0.39 is 0 Å². The lowest BCUT2D eigenvalue weighted by Gasteiger charge is -2.20. The molecule has 3 heterocycles. The predicted octanol–water partition coefficient (Wildman–Crippen LogP) is 3.81. The maximum Gasteiger partial charge on any atom is 0.263 e. The maximum atomic E-state index is 13.6. The minimum absolute atomic E-state index is 0.0175. The summed E-state index contributed by atoms with van der Waals surface area (Å²) < 4.78 is 7.56. The van der Waals surface area contributed by atoms with Gasteiger partial charge in [-0.25, -0.2) is 4.98 Å². The number of rotatable bonds is 9. The first kappa shape index (κ1) is 22.3. The first-order chi connectivity index (χ1) is 15.1. The summed E-state index contributed by atoms with van der Waals surface area (Å²) in [5.41, 5.74) is 1.21. The van der Waals surface area contributed by atoms with Crippen LogP contribution in [0.4, 0.5) is 0 Å². The SMILES string of the molecule is C=CCN(CC=C)C(=O)CSc1nc2sc3c(c2c(=O)n1CC1CCCO1)CCCC3. The Morgan fingerprint density at radius 1 is 1.26 bits per heavy atom. The molecule has 1 amide bonds.